The molecule has 7 nitrogen and oxygen atoms in total. The van der Waals surface area contributed by atoms with Gasteiger partial charge in [0.2, 0.25) is 5.91 Å². The van der Waals surface area contributed by atoms with Crippen molar-refractivity contribution in [1.82, 2.24) is 10.2 Å². The number of nitrogens with one attached hydrogen (secondary N) is 1. The summed E-state index contributed by atoms with van der Waals surface area (Å²) in [7, 11) is 0. The standard InChI is InChI=1S/C18H26N2O5/c1-18(2,3)10-15(23)19-12-4-6-20(7-5-12)17(25)11-8-13(21)16(24)14(22)9-11/h8-9,12,21-22,24H,4-7,10H2,1-3H3,(H,19,23). The van der Waals surface area contributed by atoms with Gasteiger partial charge in [-0.1, -0.05) is 20.8 Å². The van der Waals surface area contributed by atoms with Gasteiger partial charge in [-0.05, 0) is 30.4 Å². The van der Waals surface area contributed by atoms with E-state index in [-0.39, 0.29) is 28.8 Å². The van der Waals surface area contributed by atoms with Crippen molar-refractivity contribution >= 4 is 11.8 Å². The average molecular weight is 350 g/mol. The van der Waals surface area contributed by atoms with Crippen molar-refractivity contribution in [2.45, 2.75) is 46.1 Å². The molecular weight excluding hydrogens is 324 g/mol. The molecule has 0 aliphatic carbocycles. The molecule has 0 spiro atoms. The molecule has 138 valence electrons. The third kappa shape index (κ3) is 5.01. The van der Waals surface area contributed by atoms with Crippen molar-refractivity contribution in [3.63, 3.8) is 0 Å². The maximum absolute atomic E-state index is 12.5. The van der Waals surface area contributed by atoms with Crippen LogP contribution in [0.15, 0.2) is 12.1 Å². The van der Waals surface area contributed by atoms with Gasteiger partial charge in [-0.3, -0.25) is 9.59 Å². The van der Waals surface area contributed by atoms with Crippen molar-refractivity contribution in [3.8, 4) is 17.2 Å². The van der Waals surface area contributed by atoms with Crippen LogP contribution in [0.2, 0.25) is 0 Å². The molecule has 4 N–H and O–H groups in total. The van der Waals surface area contributed by atoms with E-state index < -0.39 is 17.2 Å². The fourth-order valence-electron chi connectivity index (χ4n) is 2.90. The predicted molar refractivity (Wildman–Crippen MR) is 92.6 cm³/mol. The number of benzene rings is 1. The summed E-state index contributed by atoms with van der Waals surface area (Å²) in [5.41, 5.74) is 0.0481. The smallest absolute Gasteiger partial charge is 0.254 e. The lowest BCUT2D eigenvalue weighted by Crippen LogP contribution is -2.47. The topological polar surface area (TPSA) is 110 Å². The Hall–Kier alpha value is -2.44. The summed E-state index contributed by atoms with van der Waals surface area (Å²) in [6.07, 6.45) is 1.76. The molecular formula is C18H26N2O5. The second-order valence-electron chi connectivity index (χ2n) is 7.73. The zero-order valence-corrected chi connectivity index (χ0v) is 14.9. The Kier molecular flexibility index (Phi) is 5.45. The number of phenols is 3. The molecule has 1 heterocycles. The number of carbonyl (C=O) groups is 2. The Morgan fingerprint density at radius 1 is 1.12 bits per heavy atom. The van der Waals surface area contributed by atoms with E-state index in [4.69, 9.17) is 0 Å². The van der Waals surface area contributed by atoms with Crippen LogP contribution >= 0.6 is 0 Å². The third-order valence-corrected chi connectivity index (χ3v) is 4.15. The Labute approximate surface area is 147 Å². The summed E-state index contributed by atoms with van der Waals surface area (Å²) in [5, 5.41) is 31.4. The normalized spacial score (nSPS) is 15.9. The minimum atomic E-state index is -0.642. The number of amides is 2. The maximum atomic E-state index is 12.5. The molecule has 1 saturated heterocycles. The lowest BCUT2D eigenvalue weighted by atomic mass is 9.91. The Morgan fingerprint density at radius 2 is 1.64 bits per heavy atom. The highest BCUT2D eigenvalue weighted by atomic mass is 16.3. The molecule has 1 aliphatic rings. The van der Waals surface area contributed by atoms with Gasteiger partial charge in [-0.15, -0.1) is 0 Å². The summed E-state index contributed by atoms with van der Waals surface area (Å²) < 4.78 is 0. The summed E-state index contributed by atoms with van der Waals surface area (Å²) >= 11 is 0. The molecule has 0 saturated carbocycles. The number of likely N-dealkylation sites (tertiary alicyclic amines) is 1. The molecule has 1 aromatic rings. The van der Waals surface area contributed by atoms with Crippen molar-refractivity contribution in [1.29, 1.82) is 0 Å². The second-order valence-corrected chi connectivity index (χ2v) is 7.73. The summed E-state index contributed by atoms with van der Waals surface area (Å²) in [6.45, 7) is 6.98. The maximum Gasteiger partial charge on any atom is 0.254 e. The van der Waals surface area contributed by atoms with Crippen LogP contribution in [0.4, 0.5) is 0 Å². The SMILES string of the molecule is CC(C)(C)CC(=O)NC1CCN(C(=O)c2cc(O)c(O)c(O)c2)CC1. The minimum absolute atomic E-state index is 0.0191. The van der Waals surface area contributed by atoms with Crippen molar-refractivity contribution in [2.24, 2.45) is 5.41 Å². The highest BCUT2D eigenvalue weighted by Gasteiger charge is 2.26. The number of carbonyl (C=O) groups excluding carboxylic acids is 2. The molecule has 2 amide bonds. The summed E-state index contributed by atoms with van der Waals surface area (Å²) in [5.74, 6) is -2.02. The van der Waals surface area contributed by atoms with Crippen LogP contribution in [0, 0.1) is 5.41 Å². The quantitative estimate of drug-likeness (QED) is 0.623. The lowest BCUT2D eigenvalue weighted by molar-refractivity contribution is -0.123. The Bertz CT molecular complexity index is 635. The van der Waals surface area contributed by atoms with E-state index in [0.717, 1.165) is 12.1 Å². The molecule has 0 bridgehead atoms. The van der Waals surface area contributed by atoms with Crippen LogP contribution in [-0.4, -0.2) is 51.2 Å². The number of aromatic hydroxyl groups is 3. The van der Waals surface area contributed by atoms with E-state index >= 15 is 0 Å². The molecule has 0 aromatic heterocycles. The van der Waals surface area contributed by atoms with Gasteiger partial charge in [-0.2, -0.15) is 0 Å². The van der Waals surface area contributed by atoms with E-state index in [0.29, 0.717) is 32.4 Å². The number of hydrogen-bond donors (Lipinski definition) is 4. The first-order valence-electron chi connectivity index (χ1n) is 8.40. The third-order valence-electron chi connectivity index (χ3n) is 4.15. The van der Waals surface area contributed by atoms with Crippen LogP contribution in [0.5, 0.6) is 17.2 Å². The fraction of sp³-hybridized carbons (Fsp3) is 0.556. The van der Waals surface area contributed by atoms with Crippen LogP contribution in [0.25, 0.3) is 0 Å². The predicted octanol–water partition coefficient (Wildman–Crippen LogP) is 1.96. The highest BCUT2D eigenvalue weighted by molar-refractivity contribution is 5.95. The molecule has 7 heteroatoms. The van der Waals surface area contributed by atoms with Crippen molar-refractivity contribution in [2.75, 3.05) is 13.1 Å². The number of phenolic OH excluding ortho intramolecular Hbond substituents is 3. The fourth-order valence-corrected chi connectivity index (χ4v) is 2.90. The van der Waals surface area contributed by atoms with Gasteiger partial charge in [0.1, 0.15) is 0 Å². The van der Waals surface area contributed by atoms with Gasteiger partial charge in [0, 0.05) is 31.1 Å². The van der Waals surface area contributed by atoms with Gasteiger partial charge in [-0.25, -0.2) is 0 Å². The van der Waals surface area contributed by atoms with Crippen molar-refractivity contribution < 1.29 is 24.9 Å². The first-order valence-corrected chi connectivity index (χ1v) is 8.40. The second kappa shape index (κ2) is 7.21. The van der Waals surface area contributed by atoms with Crippen molar-refractivity contribution in [3.05, 3.63) is 17.7 Å². The van der Waals surface area contributed by atoms with E-state index in [1.807, 2.05) is 20.8 Å². The molecule has 0 atom stereocenters. The van der Waals surface area contributed by atoms with Gasteiger partial charge < -0.3 is 25.5 Å². The first-order chi connectivity index (χ1) is 11.6. The molecule has 0 radical (unpaired) electrons. The largest absolute Gasteiger partial charge is 0.504 e. The van der Waals surface area contributed by atoms with Crippen LogP contribution in [0.1, 0.15) is 50.4 Å². The Balaban J connectivity index is 1.91. The molecule has 1 fully saturated rings. The average Bonchev–Trinajstić information content (AvgIpc) is 2.50. The molecule has 2 rings (SSSR count). The van der Waals surface area contributed by atoms with Crippen LogP contribution in [-0.2, 0) is 4.79 Å². The summed E-state index contributed by atoms with van der Waals surface area (Å²) in [4.78, 5) is 26.1. The van der Waals surface area contributed by atoms with E-state index in [1.54, 1.807) is 4.90 Å². The van der Waals surface area contributed by atoms with Gasteiger partial charge >= 0.3 is 0 Å². The van der Waals surface area contributed by atoms with E-state index in [1.165, 1.54) is 0 Å². The van der Waals surface area contributed by atoms with Gasteiger partial charge in [0.05, 0.1) is 0 Å². The first kappa shape index (κ1) is 18.9. The number of piperidine rings is 1. The van der Waals surface area contributed by atoms with E-state index in [2.05, 4.69) is 5.32 Å². The van der Waals surface area contributed by atoms with Crippen LogP contribution in [0.3, 0.4) is 0 Å². The lowest BCUT2D eigenvalue weighted by Gasteiger charge is -2.33. The van der Waals surface area contributed by atoms with Crippen LogP contribution < -0.4 is 5.32 Å². The summed E-state index contributed by atoms with van der Waals surface area (Å²) in [6, 6.07) is 2.31. The Morgan fingerprint density at radius 3 is 2.12 bits per heavy atom. The highest BCUT2D eigenvalue weighted by Crippen LogP contribution is 2.35. The molecule has 0 unspecified atom stereocenters. The van der Waals surface area contributed by atoms with Gasteiger partial charge in [0.25, 0.3) is 5.91 Å². The zero-order chi connectivity index (χ0) is 18.8. The molecule has 25 heavy (non-hydrogen) atoms. The molecule has 1 aliphatic heterocycles. The number of nitrogens with zero attached hydrogens (tertiary/aromatic N) is 1. The van der Waals surface area contributed by atoms with Gasteiger partial charge in [0.15, 0.2) is 17.2 Å². The monoisotopic (exact) mass is 350 g/mol. The number of hydrogen-bond acceptors (Lipinski definition) is 5. The van der Waals surface area contributed by atoms with E-state index in [9.17, 15) is 24.9 Å². The zero-order valence-electron chi connectivity index (χ0n) is 14.9. The molecule has 1 aromatic carbocycles. The minimum Gasteiger partial charge on any atom is -0.504 e. The number of rotatable bonds is 3.